The molecule has 4 rings (SSSR count). The van der Waals surface area contributed by atoms with Gasteiger partial charge in [0.25, 0.3) is 5.91 Å². The van der Waals surface area contributed by atoms with Gasteiger partial charge in [-0.2, -0.15) is 0 Å². The summed E-state index contributed by atoms with van der Waals surface area (Å²) in [5.41, 5.74) is 4.39. The molecule has 0 aliphatic heterocycles. The fourth-order valence-electron chi connectivity index (χ4n) is 3.44. The maximum atomic E-state index is 13.1. The van der Waals surface area contributed by atoms with Crippen LogP contribution in [0.4, 0.5) is 0 Å². The molecule has 2 aromatic carbocycles. The van der Waals surface area contributed by atoms with Gasteiger partial charge in [0.05, 0.1) is 25.6 Å². The van der Waals surface area contributed by atoms with Gasteiger partial charge in [-0.15, -0.1) is 5.10 Å². The third kappa shape index (κ3) is 5.96. The minimum Gasteiger partial charge on any atom is -0.497 e. The third-order valence-corrected chi connectivity index (χ3v) is 6.07. The lowest BCUT2D eigenvalue weighted by molar-refractivity contribution is 0.0945. The van der Waals surface area contributed by atoms with Crippen LogP contribution in [0.3, 0.4) is 0 Å². The molecule has 9 nitrogen and oxygen atoms in total. The molecular weight excluding hydrogens is 464 g/mol. The predicted octanol–water partition coefficient (Wildman–Crippen LogP) is 3.91. The first-order valence-corrected chi connectivity index (χ1v) is 11.9. The molecule has 0 saturated heterocycles. The molecule has 0 saturated carbocycles. The topological polar surface area (TPSA) is 104 Å². The van der Waals surface area contributed by atoms with Gasteiger partial charge < -0.3 is 14.8 Å². The first-order chi connectivity index (χ1) is 17.0. The highest BCUT2D eigenvalue weighted by molar-refractivity contribution is 7.98. The number of carbonyl (C=O) groups excluding carboxylic acids is 1. The quantitative estimate of drug-likeness (QED) is 0.278. The largest absolute Gasteiger partial charge is 0.497 e. The summed E-state index contributed by atoms with van der Waals surface area (Å²) in [6.45, 7) is 4.21. The molecule has 1 amide bonds. The van der Waals surface area contributed by atoms with Crippen molar-refractivity contribution in [2.75, 3.05) is 14.2 Å². The maximum absolute atomic E-state index is 13.1. The Balaban J connectivity index is 1.59. The number of rotatable bonds is 9. The van der Waals surface area contributed by atoms with E-state index in [1.54, 1.807) is 18.9 Å². The molecular formula is C25H26N6O3S. The lowest BCUT2D eigenvalue weighted by Crippen LogP contribution is -2.24. The van der Waals surface area contributed by atoms with Gasteiger partial charge in [0, 0.05) is 23.7 Å². The van der Waals surface area contributed by atoms with E-state index in [1.165, 1.54) is 11.8 Å². The van der Waals surface area contributed by atoms with Gasteiger partial charge in [-0.3, -0.25) is 4.79 Å². The van der Waals surface area contributed by atoms with Crippen LogP contribution in [0.15, 0.2) is 59.8 Å². The summed E-state index contributed by atoms with van der Waals surface area (Å²) < 4.78 is 12.1. The predicted molar refractivity (Wildman–Crippen MR) is 133 cm³/mol. The van der Waals surface area contributed by atoms with Crippen LogP contribution in [0, 0.1) is 13.8 Å². The highest BCUT2D eigenvalue weighted by Crippen LogP contribution is 2.24. The number of methoxy groups -OCH3 is 2. The molecule has 0 fully saturated rings. The van der Waals surface area contributed by atoms with Crippen LogP contribution in [0.5, 0.6) is 11.5 Å². The van der Waals surface area contributed by atoms with Gasteiger partial charge in [0.1, 0.15) is 11.5 Å². The van der Waals surface area contributed by atoms with Crippen molar-refractivity contribution in [3.8, 4) is 17.2 Å². The van der Waals surface area contributed by atoms with E-state index >= 15 is 0 Å². The summed E-state index contributed by atoms with van der Waals surface area (Å²) in [6, 6.07) is 16.9. The number of nitrogens with zero attached hydrogens (tertiary/aromatic N) is 5. The van der Waals surface area contributed by atoms with Crippen molar-refractivity contribution in [3.63, 3.8) is 0 Å². The summed E-state index contributed by atoms with van der Waals surface area (Å²) in [7, 11) is 3.23. The molecule has 180 valence electrons. The van der Waals surface area contributed by atoms with E-state index in [0.717, 1.165) is 34.1 Å². The fraction of sp³-hybridized carbons (Fsp3) is 0.240. The second kappa shape index (κ2) is 11.0. The van der Waals surface area contributed by atoms with Crippen LogP contribution in [-0.2, 0) is 12.3 Å². The van der Waals surface area contributed by atoms with Crippen LogP contribution in [0.1, 0.15) is 33.1 Å². The molecule has 0 spiro atoms. The molecule has 0 atom stereocenters. The van der Waals surface area contributed by atoms with E-state index < -0.39 is 0 Å². The molecule has 0 aliphatic rings. The molecule has 2 aromatic heterocycles. The van der Waals surface area contributed by atoms with E-state index in [1.807, 2.05) is 68.4 Å². The van der Waals surface area contributed by atoms with Crippen LogP contribution in [0.25, 0.3) is 5.69 Å². The van der Waals surface area contributed by atoms with Crippen LogP contribution < -0.4 is 14.8 Å². The summed E-state index contributed by atoms with van der Waals surface area (Å²) in [4.78, 5) is 22.1. The summed E-state index contributed by atoms with van der Waals surface area (Å²) in [5, 5.41) is 12.1. The van der Waals surface area contributed by atoms with E-state index in [4.69, 9.17) is 9.47 Å². The Bertz CT molecular complexity index is 1290. The van der Waals surface area contributed by atoms with E-state index in [0.29, 0.717) is 23.1 Å². The number of amides is 1. The van der Waals surface area contributed by atoms with E-state index in [-0.39, 0.29) is 11.6 Å². The molecule has 0 radical (unpaired) electrons. The molecule has 2 heterocycles. The second-order valence-corrected chi connectivity index (χ2v) is 8.69. The summed E-state index contributed by atoms with van der Waals surface area (Å²) >= 11 is 1.43. The third-order valence-electron chi connectivity index (χ3n) is 5.21. The molecule has 0 unspecified atom stereocenters. The number of aryl methyl sites for hydroxylation is 2. The lowest BCUT2D eigenvalue weighted by Gasteiger charge is -2.10. The van der Waals surface area contributed by atoms with Crippen molar-refractivity contribution in [1.82, 2.24) is 30.3 Å². The summed E-state index contributed by atoms with van der Waals surface area (Å²) in [6.07, 6.45) is 0. The highest BCUT2D eigenvalue weighted by Gasteiger charge is 2.21. The van der Waals surface area contributed by atoms with Crippen molar-refractivity contribution >= 4 is 17.7 Å². The monoisotopic (exact) mass is 490 g/mol. The Morgan fingerprint density at radius 2 is 1.54 bits per heavy atom. The van der Waals surface area contributed by atoms with E-state index in [9.17, 15) is 4.79 Å². The smallest absolute Gasteiger partial charge is 0.274 e. The number of aromatic nitrogens is 5. The first kappa shape index (κ1) is 24.2. The zero-order valence-electron chi connectivity index (χ0n) is 20.0. The number of thioether (sulfide) groups is 1. The van der Waals surface area contributed by atoms with Crippen molar-refractivity contribution in [2.45, 2.75) is 31.3 Å². The average molecular weight is 491 g/mol. The standard InChI is InChI=1S/C25H26N6O3S/c1-16-13-17(2)28-25(27-16)35-15-22-23(24(32)26-14-18-5-9-20(33-3)10-6-18)29-30-31(22)19-7-11-21(34-4)12-8-19/h5-13H,14-15H2,1-4H3,(H,26,32). The van der Waals surface area contributed by atoms with E-state index in [2.05, 4.69) is 25.6 Å². The van der Waals surface area contributed by atoms with Crippen LogP contribution >= 0.6 is 11.8 Å². The van der Waals surface area contributed by atoms with Crippen molar-refractivity contribution in [3.05, 3.63) is 82.9 Å². The first-order valence-electron chi connectivity index (χ1n) is 10.9. The number of hydrogen-bond acceptors (Lipinski definition) is 8. The highest BCUT2D eigenvalue weighted by atomic mass is 32.2. The Morgan fingerprint density at radius 1 is 0.943 bits per heavy atom. The minimum atomic E-state index is -0.308. The summed E-state index contributed by atoms with van der Waals surface area (Å²) in [5.74, 6) is 1.59. The Kier molecular flexibility index (Phi) is 7.61. The lowest BCUT2D eigenvalue weighted by atomic mass is 10.2. The van der Waals surface area contributed by atoms with Crippen LogP contribution in [-0.4, -0.2) is 45.1 Å². The normalized spacial score (nSPS) is 10.7. The second-order valence-electron chi connectivity index (χ2n) is 7.75. The fourth-order valence-corrected chi connectivity index (χ4v) is 4.38. The van der Waals surface area contributed by atoms with Gasteiger partial charge in [0.2, 0.25) is 0 Å². The zero-order chi connectivity index (χ0) is 24.8. The molecule has 0 bridgehead atoms. The van der Waals surface area contributed by atoms with Gasteiger partial charge >= 0.3 is 0 Å². The van der Waals surface area contributed by atoms with Gasteiger partial charge in [0.15, 0.2) is 10.9 Å². The number of nitrogens with one attached hydrogen (secondary N) is 1. The maximum Gasteiger partial charge on any atom is 0.274 e. The van der Waals surface area contributed by atoms with Crippen molar-refractivity contribution in [2.24, 2.45) is 0 Å². The number of carbonyl (C=O) groups is 1. The average Bonchev–Trinajstić information content (AvgIpc) is 3.30. The van der Waals surface area contributed by atoms with Gasteiger partial charge in [-0.1, -0.05) is 29.1 Å². The Labute approximate surface area is 207 Å². The van der Waals surface area contributed by atoms with Crippen molar-refractivity contribution < 1.29 is 14.3 Å². The molecule has 10 heteroatoms. The van der Waals surface area contributed by atoms with Crippen molar-refractivity contribution in [1.29, 1.82) is 0 Å². The zero-order valence-corrected chi connectivity index (χ0v) is 20.8. The number of hydrogen-bond donors (Lipinski definition) is 1. The number of benzene rings is 2. The minimum absolute atomic E-state index is 0.256. The van der Waals surface area contributed by atoms with Crippen LogP contribution in [0.2, 0.25) is 0 Å². The molecule has 35 heavy (non-hydrogen) atoms. The molecule has 1 N–H and O–H groups in total. The van der Waals surface area contributed by atoms with Gasteiger partial charge in [-0.05, 0) is 61.9 Å². The number of ether oxygens (including phenoxy) is 2. The Morgan fingerprint density at radius 3 is 2.14 bits per heavy atom. The molecule has 0 aliphatic carbocycles. The SMILES string of the molecule is COc1ccc(CNC(=O)c2nnn(-c3ccc(OC)cc3)c2CSc2nc(C)cc(C)n2)cc1. The molecule has 4 aromatic rings. The Hall–Kier alpha value is -3.92. The van der Waals surface area contributed by atoms with Gasteiger partial charge in [-0.25, -0.2) is 14.6 Å².